The first-order chi connectivity index (χ1) is 16.4. The molecule has 4 N–H and O–H groups in total. The normalized spacial score (nSPS) is 11.2. The fraction of sp³-hybridized carbons (Fsp3) is 0.192. The van der Waals surface area contributed by atoms with Crippen LogP contribution in [0.1, 0.15) is 36.6 Å². The van der Waals surface area contributed by atoms with Crippen molar-refractivity contribution in [2.75, 3.05) is 11.9 Å². The van der Waals surface area contributed by atoms with Gasteiger partial charge in [0.25, 0.3) is 0 Å². The number of benzene rings is 3. The van der Waals surface area contributed by atoms with Crippen molar-refractivity contribution in [3.63, 3.8) is 0 Å². The molecule has 0 saturated heterocycles. The Morgan fingerprint density at radius 1 is 0.971 bits per heavy atom. The number of hydrogen-bond acceptors (Lipinski definition) is 7. The molecule has 0 radical (unpaired) electrons. The van der Waals surface area contributed by atoms with E-state index in [0.29, 0.717) is 41.5 Å². The van der Waals surface area contributed by atoms with Gasteiger partial charge >= 0.3 is 11.9 Å². The molecule has 0 bridgehead atoms. The van der Waals surface area contributed by atoms with Crippen LogP contribution in [0.15, 0.2) is 72.8 Å². The Kier molecular flexibility index (Phi) is 8.23. The third-order valence-electron chi connectivity index (χ3n) is 4.83. The van der Waals surface area contributed by atoms with Gasteiger partial charge in [0.05, 0.1) is 6.61 Å². The highest BCUT2D eigenvalue weighted by atomic mass is 16.6. The number of ether oxygens (including phenoxy) is 3. The van der Waals surface area contributed by atoms with Crippen LogP contribution in [0.25, 0.3) is 0 Å². The molecule has 0 aromatic heterocycles. The highest BCUT2D eigenvalue weighted by Gasteiger charge is 2.25. The first kappa shape index (κ1) is 24.3. The quantitative estimate of drug-likeness (QED) is 0.179. The molecule has 0 heterocycles. The zero-order valence-electron chi connectivity index (χ0n) is 19.0. The number of hydrogen-bond donors (Lipinski definition) is 3. The van der Waals surface area contributed by atoms with Gasteiger partial charge in [-0.25, -0.2) is 4.79 Å². The molecule has 0 spiro atoms. The summed E-state index contributed by atoms with van der Waals surface area (Å²) in [6.45, 7) is 3.77. The van der Waals surface area contributed by atoms with Gasteiger partial charge in [0, 0.05) is 18.2 Å². The number of esters is 2. The molecule has 0 aliphatic rings. The van der Waals surface area contributed by atoms with Gasteiger partial charge in [-0.1, -0.05) is 36.4 Å². The van der Waals surface area contributed by atoms with Gasteiger partial charge in [-0.3, -0.25) is 10.2 Å². The largest absolute Gasteiger partial charge is 0.490 e. The van der Waals surface area contributed by atoms with Crippen LogP contribution in [-0.2, 0) is 20.9 Å². The molecule has 0 aliphatic heterocycles. The molecular formula is C26H27N3O5. The van der Waals surface area contributed by atoms with Gasteiger partial charge in [0.15, 0.2) is 17.5 Å². The number of anilines is 1. The minimum atomic E-state index is -0.991. The maximum absolute atomic E-state index is 12.8. The van der Waals surface area contributed by atoms with Crippen LogP contribution in [-0.4, -0.2) is 24.4 Å². The number of carbonyl (C=O) groups excluding carboxylic acids is 2. The summed E-state index contributed by atoms with van der Waals surface area (Å²) >= 11 is 0. The molecule has 0 fully saturated rings. The van der Waals surface area contributed by atoms with Gasteiger partial charge in [-0.2, -0.15) is 0 Å². The Bertz CT molecular complexity index is 1150. The Hall–Kier alpha value is -4.33. The van der Waals surface area contributed by atoms with E-state index in [2.05, 4.69) is 5.32 Å². The van der Waals surface area contributed by atoms with Crippen LogP contribution in [0.2, 0.25) is 0 Å². The van der Waals surface area contributed by atoms with Gasteiger partial charge < -0.3 is 25.3 Å². The lowest BCUT2D eigenvalue weighted by molar-refractivity contribution is -0.158. The summed E-state index contributed by atoms with van der Waals surface area (Å²) in [6, 6.07) is 20.5. The van der Waals surface area contributed by atoms with Gasteiger partial charge in [-0.15, -0.1) is 0 Å². The van der Waals surface area contributed by atoms with Gasteiger partial charge in [0.1, 0.15) is 12.4 Å². The van der Waals surface area contributed by atoms with Crippen molar-refractivity contribution in [3.8, 4) is 11.5 Å². The molecule has 34 heavy (non-hydrogen) atoms. The molecule has 0 saturated carbocycles. The topological polar surface area (TPSA) is 124 Å². The standard InChI is InChI=1S/C26H27N3O5/c1-3-32-23-15-20(11-14-22(23)33-16-18-7-5-4-6-8-18)24(26(31)34-17(2)30)29-21-12-9-19(10-13-21)25(27)28/h4-15,24,29H,3,16H2,1-2H3,(H3,27,28). The monoisotopic (exact) mass is 461 g/mol. The summed E-state index contributed by atoms with van der Waals surface area (Å²) < 4.78 is 16.6. The lowest BCUT2D eigenvalue weighted by Crippen LogP contribution is -2.25. The van der Waals surface area contributed by atoms with Crippen molar-refractivity contribution in [2.45, 2.75) is 26.5 Å². The fourth-order valence-corrected chi connectivity index (χ4v) is 3.22. The second-order valence-corrected chi connectivity index (χ2v) is 7.39. The molecule has 0 amide bonds. The number of amidine groups is 1. The minimum Gasteiger partial charge on any atom is -0.490 e. The van der Waals surface area contributed by atoms with E-state index in [9.17, 15) is 9.59 Å². The van der Waals surface area contributed by atoms with E-state index in [0.717, 1.165) is 5.56 Å². The van der Waals surface area contributed by atoms with Crippen LogP contribution in [0, 0.1) is 5.41 Å². The van der Waals surface area contributed by atoms with E-state index in [-0.39, 0.29) is 5.84 Å². The van der Waals surface area contributed by atoms with Crippen molar-refractivity contribution < 1.29 is 23.8 Å². The number of nitrogens with two attached hydrogens (primary N) is 1. The Balaban J connectivity index is 1.88. The zero-order valence-corrected chi connectivity index (χ0v) is 19.0. The van der Waals surface area contributed by atoms with E-state index < -0.39 is 18.0 Å². The molecule has 3 rings (SSSR count). The lowest BCUT2D eigenvalue weighted by Gasteiger charge is -2.20. The molecular weight excluding hydrogens is 434 g/mol. The minimum absolute atomic E-state index is 0.0634. The summed E-state index contributed by atoms with van der Waals surface area (Å²) in [5.74, 6) is -0.545. The Labute approximate surface area is 198 Å². The molecule has 8 heteroatoms. The summed E-state index contributed by atoms with van der Waals surface area (Å²) in [7, 11) is 0. The zero-order chi connectivity index (χ0) is 24.5. The van der Waals surface area contributed by atoms with Crippen molar-refractivity contribution in [3.05, 3.63) is 89.5 Å². The SMILES string of the molecule is CCOc1cc(C(Nc2ccc(C(=N)N)cc2)C(=O)OC(C)=O)ccc1OCc1ccccc1. The number of nitrogen functional groups attached to an aromatic ring is 1. The molecule has 1 unspecified atom stereocenters. The first-order valence-corrected chi connectivity index (χ1v) is 10.7. The van der Waals surface area contributed by atoms with Crippen LogP contribution >= 0.6 is 0 Å². The van der Waals surface area contributed by atoms with E-state index in [1.165, 1.54) is 6.92 Å². The van der Waals surface area contributed by atoms with Crippen LogP contribution < -0.4 is 20.5 Å². The smallest absolute Gasteiger partial charge is 0.340 e. The number of rotatable bonds is 10. The molecule has 1 atom stereocenters. The first-order valence-electron chi connectivity index (χ1n) is 10.7. The summed E-state index contributed by atoms with van der Waals surface area (Å²) in [5.41, 5.74) is 8.17. The second-order valence-electron chi connectivity index (χ2n) is 7.39. The van der Waals surface area contributed by atoms with Crippen molar-refractivity contribution >= 4 is 23.5 Å². The maximum Gasteiger partial charge on any atom is 0.340 e. The lowest BCUT2D eigenvalue weighted by atomic mass is 10.1. The predicted octanol–water partition coefficient (Wildman–Crippen LogP) is 4.19. The van der Waals surface area contributed by atoms with E-state index in [1.54, 1.807) is 42.5 Å². The molecule has 176 valence electrons. The molecule has 8 nitrogen and oxygen atoms in total. The highest BCUT2D eigenvalue weighted by Crippen LogP contribution is 2.33. The maximum atomic E-state index is 12.8. The van der Waals surface area contributed by atoms with Crippen molar-refractivity contribution in [1.29, 1.82) is 5.41 Å². The molecule has 3 aromatic carbocycles. The average Bonchev–Trinajstić information content (AvgIpc) is 2.82. The van der Waals surface area contributed by atoms with Crippen LogP contribution in [0.3, 0.4) is 0 Å². The Morgan fingerprint density at radius 2 is 1.68 bits per heavy atom. The van der Waals surface area contributed by atoms with Crippen molar-refractivity contribution in [2.24, 2.45) is 5.73 Å². The van der Waals surface area contributed by atoms with Gasteiger partial charge in [0.2, 0.25) is 0 Å². The molecule has 3 aromatic rings. The van der Waals surface area contributed by atoms with Crippen molar-refractivity contribution in [1.82, 2.24) is 0 Å². The van der Waals surface area contributed by atoms with Crippen LogP contribution in [0.4, 0.5) is 5.69 Å². The third-order valence-corrected chi connectivity index (χ3v) is 4.83. The second kappa shape index (κ2) is 11.5. The Morgan fingerprint density at radius 3 is 2.29 bits per heavy atom. The summed E-state index contributed by atoms with van der Waals surface area (Å²) in [5, 5.41) is 10.6. The molecule has 0 aliphatic carbocycles. The number of nitrogens with one attached hydrogen (secondary N) is 2. The predicted molar refractivity (Wildman–Crippen MR) is 129 cm³/mol. The average molecular weight is 462 g/mol. The highest BCUT2D eigenvalue weighted by molar-refractivity contribution is 5.95. The number of carbonyl (C=O) groups is 2. The summed E-state index contributed by atoms with van der Waals surface area (Å²) in [4.78, 5) is 24.2. The third kappa shape index (κ3) is 6.59. The van der Waals surface area contributed by atoms with E-state index >= 15 is 0 Å². The van der Waals surface area contributed by atoms with Gasteiger partial charge in [-0.05, 0) is 54.4 Å². The summed E-state index contributed by atoms with van der Waals surface area (Å²) in [6.07, 6.45) is 0. The van der Waals surface area contributed by atoms with E-state index in [1.807, 2.05) is 37.3 Å². The fourth-order valence-electron chi connectivity index (χ4n) is 3.22. The van der Waals surface area contributed by atoms with E-state index in [4.69, 9.17) is 25.4 Å². The van der Waals surface area contributed by atoms with Crippen LogP contribution in [0.5, 0.6) is 11.5 Å².